The van der Waals surface area contributed by atoms with Crippen LogP contribution in [0.15, 0.2) is 194 Å². The second kappa shape index (κ2) is 11.5. The average molecular weight is 637 g/mol. The molecule has 50 heavy (non-hydrogen) atoms. The number of aromatic nitrogens is 2. The van der Waals surface area contributed by atoms with Crippen LogP contribution in [-0.4, -0.2) is 9.13 Å². The van der Waals surface area contributed by atoms with Gasteiger partial charge in [0, 0.05) is 38.5 Å². The molecule has 0 unspecified atom stereocenters. The van der Waals surface area contributed by atoms with Crippen molar-refractivity contribution in [3.8, 4) is 44.8 Å². The van der Waals surface area contributed by atoms with E-state index in [0.29, 0.717) is 0 Å². The summed E-state index contributed by atoms with van der Waals surface area (Å²) in [6.45, 7) is 0. The Morgan fingerprint density at radius 2 is 0.780 bits per heavy atom. The van der Waals surface area contributed by atoms with Crippen molar-refractivity contribution in [3.63, 3.8) is 0 Å². The van der Waals surface area contributed by atoms with Gasteiger partial charge in [0.1, 0.15) is 0 Å². The molecule has 0 aliphatic heterocycles. The molecule has 0 bridgehead atoms. The van der Waals surface area contributed by atoms with Crippen LogP contribution in [0, 0.1) is 0 Å². The lowest BCUT2D eigenvalue weighted by Gasteiger charge is -2.14. The molecule has 0 aliphatic rings. The van der Waals surface area contributed by atoms with E-state index >= 15 is 0 Å². The Labute approximate surface area is 290 Å². The van der Waals surface area contributed by atoms with Gasteiger partial charge < -0.3 is 9.13 Å². The highest BCUT2D eigenvalue weighted by Crippen LogP contribution is 2.41. The first kappa shape index (κ1) is 28.4. The number of hydrogen-bond donors (Lipinski definition) is 0. The van der Waals surface area contributed by atoms with Gasteiger partial charge in [0.15, 0.2) is 0 Å². The summed E-state index contributed by atoms with van der Waals surface area (Å²) >= 11 is 0. The highest BCUT2D eigenvalue weighted by atomic mass is 15.0. The minimum Gasteiger partial charge on any atom is -0.309 e. The monoisotopic (exact) mass is 636 g/mol. The molecular formula is C48H32N2. The SMILES string of the molecule is c1ccc(-c2ccc(-n3c4ccccc4c4ccc(-c5cccc6c7ccccc7n(-c7cccc(-c8ccccc8)c7)c56)cc43)cc2)cc1. The normalized spacial score (nSPS) is 11.6. The third-order valence-electron chi connectivity index (χ3n) is 10.1. The first-order valence-corrected chi connectivity index (χ1v) is 17.2. The van der Waals surface area contributed by atoms with Crippen LogP contribution in [0.25, 0.3) is 88.4 Å². The summed E-state index contributed by atoms with van der Waals surface area (Å²) < 4.78 is 4.87. The quantitative estimate of drug-likeness (QED) is 0.178. The molecule has 0 aliphatic carbocycles. The van der Waals surface area contributed by atoms with E-state index in [1.807, 2.05) is 0 Å². The van der Waals surface area contributed by atoms with Crippen molar-refractivity contribution in [3.05, 3.63) is 194 Å². The number of para-hydroxylation sites is 3. The highest BCUT2D eigenvalue weighted by Gasteiger charge is 2.19. The summed E-state index contributed by atoms with van der Waals surface area (Å²) in [7, 11) is 0. The largest absolute Gasteiger partial charge is 0.309 e. The van der Waals surface area contributed by atoms with Gasteiger partial charge in [-0.1, -0.05) is 152 Å². The minimum absolute atomic E-state index is 1.15. The maximum atomic E-state index is 2.45. The van der Waals surface area contributed by atoms with E-state index in [2.05, 4.69) is 203 Å². The van der Waals surface area contributed by atoms with Crippen molar-refractivity contribution in [1.29, 1.82) is 0 Å². The minimum atomic E-state index is 1.15. The van der Waals surface area contributed by atoms with E-state index in [4.69, 9.17) is 0 Å². The van der Waals surface area contributed by atoms with Crippen LogP contribution >= 0.6 is 0 Å². The lowest BCUT2D eigenvalue weighted by molar-refractivity contribution is 1.18. The zero-order valence-corrected chi connectivity index (χ0v) is 27.4. The van der Waals surface area contributed by atoms with Crippen molar-refractivity contribution >= 4 is 43.6 Å². The van der Waals surface area contributed by atoms with E-state index in [-0.39, 0.29) is 0 Å². The van der Waals surface area contributed by atoms with Crippen LogP contribution in [0.2, 0.25) is 0 Å². The third-order valence-corrected chi connectivity index (χ3v) is 10.1. The topological polar surface area (TPSA) is 9.86 Å². The molecule has 10 aromatic rings. The van der Waals surface area contributed by atoms with Crippen LogP contribution in [0.5, 0.6) is 0 Å². The molecular weight excluding hydrogens is 605 g/mol. The zero-order valence-electron chi connectivity index (χ0n) is 27.4. The highest BCUT2D eigenvalue weighted by molar-refractivity contribution is 6.15. The fraction of sp³-hybridized carbons (Fsp3) is 0. The summed E-state index contributed by atoms with van der Waals surface area (Å²) in [4.78, 5) is 0. The first-order valence-electron chi connectivity index (χ1n) is 17.2. The summed E-state index contributed by atoms with van der Waals surface area (Å²) in [6.07, 6.45) is 0. The number of hydrogen-bond acceptors (Lipinski definition) is 0. The molecule has 0 fully saturated rings. The first-order chi connectivity index (χ1) is 24.8. The predicted molar refractivity (Wildman–Crippen MR) is 211 cm³/mol. The Kier molecular flexibility index (Phi) is 6.53. The van der Waals surface area contributed by atoms with Crippen LogP contribution in [0.4, 0.5) is 0 Å². The molecule has 2 aromatic heterocycles. The lowest BCUT2D eigenvalue weighted by Crippen LogP contribution is -1.97. The maximum absolute atomic E-state index is 2.45. The second-order valence-corrected chi connectivity index (χ2v) is 13.0. The van der Waals surface area contributed by atoms with Crippen LogP contribution in [0.1, 0.15) is 0 Å². The van der Waals surface area contributed by atoms with Crippen molar-refractivity contribution < 1.29 is 0 Å². The van der Waals surface area contributed by atoms with Gasteiger partial charge in [-0.05, 0) is 70.3 Å². The standard InChI is InChI=1S/C48H32N2/c1-3-13-33(14-4-1)35-25-28-38(29-26-35)49-45-23-9-7-19-41(45)43-30-27-37(32-47(43)49)40-21-12-22-44-42-20-8-10-24-46(42)50(48(40)44)39-18-11-17-36(31-39)34-15-5-2-6-16-34/h1-32H. The van der Waals surface area contributed by atoms with Gasteiger partial charge in [0.05, 0.1) is 22.1 Å². The van der Waals surface area contributed by atoms with E-state index in [1.54, 1.807) is 0 Å². The molecule has 0 saturated carbocycles. The van der Waals surface area contributed by atoms with Crippen LogP contribution in [-0.2, 0) is 0 Å². The molecule has 2 heterocycles. The van der Waals surface area contributed by atoms with Gasteiger partial charge in [0.2, 0.25) is 0 Å². The molecule has 2 heteroatoms. The molecule has 0 radical (unpaired) electrons. The molecule has 0 amide bonds. The Balaban J connectivity index is 1.20. The Morgan fingerprint density at radius 1 is 0.260 bits per heavy atom. The van der Waals surface area contributed by atoms with Crippen LogP contribution < -0.4 is 0 Å². The molecule has 8 aromatic carbocycles. The fourth-order valence-electron chi connectivity index (χ4n) is 7.82. The predicted octanol–water partition coefficient (Wildman–Crippen LogP) is 12.9. The van der Waals surface area contributed by atoms with Crippen molar-refractivity contribution in [2.45, 2.75) is 0 Å². The molecule has 2 nitrogen and oxygen atoms in total. The fourth-order valence-corrected chi connectivity index (χ4v) is 7.82. The van der Waals surface area contributed by atoms with Gasteiger partial charge in [-0.15, -0.1) is 0 Å². The van der Waals surface area contributed by atoms with E-state index < -0.39 is 0 Å². The van der Waals surface area contributed by atoms with Gasteiger partial charge in [-0.2, -0.15) is 0 Å². The van der Waals surface area contributed by atoms with E-state index in [1.165, 1.54) is 77.0 Å². The van der Waals surface area contributed by atoms with Crippen molar-refractivity contribution in [2.75, 3.05) is 0 Å². The summed E-state index contributed by atoms with van der Waals surface area (Å²) in [6, 6.07) is 70.4. The van der Waals surface area contributed by atoms with E-state index in [9.17, 15) is 0 Å². The Hall–Kier alpha value is -6.64. The van der Waals surface area contributed by atoms with Crippen molar-refractivity contribution in [2.24, 2.45) is 0 Å². The molecule has 0 atom stereocenters. The van der Waals surface area contributed by atoms with E-state index in [0.717, 1.165) is 11.4 Å². The third kappa shape index (κ3) is 4.50. The Bertz CT molecular complexity index is 2840. The average Bonchev–Trinajstić information content (AvgIpc) is 3.71. The number of benzene rings is 8. The lowest BCUT2D eigenvalue weighted by atomic mass is 10.00. The second-order valence-electron chi connectivity index (χ2n) is 13.0. The van der Waals surface area contributed by atoms with Crippen LogP contribution in [0.3, 0.4) is 0 Å². The molecule has 0 N–H and O–H groups in total. The summed E-state index contributed by atoms with van der Waals surface area (Å²) in [5, 5.41) is 5.01. The summed E-state index contributed by atoms with van der Waals surface area (Å²) in [5.74, 6) is 0. The molecule has 10 rings (SSSR count). The molecule has 0 spiro atoms. The van der Waals surface area contributed by atoms with Gasteiger partial charge in [-0.25, -0.2) is 0 Å². The number of rotatable bonds is 5. The zero-order chi connectivity index (χ0) is 33.0. The number of nitrogens with zero attached hydrogens (tertiary/aromatic N) is 2. The van der Waals surface area contributed by atoms with Gasteiger partial charge >= 0.3 is 0 Å². The number of fused-ring (bicyclic) bond motifs is 6. The summed E-state index contributed by atoms with van der Waals surface area (Å²) in [5.41, 5.74) is 14.4. The van der Waals surface area contributed by atoms with Crippen molar-refractivity contribution in [1.82, 2.24) is 9.13 Å². The Morgan fingerprint density at radius 3 is 1.52 bits per heavy atom. The van der Waals surface area contributed by atoms with Gasteiger partial charge in [0.25, 0.3) is 0 Å². The van der Waals surface area contributed by atoms with Gasteiger partial charge in [-0.3, -0.25) is 0 Å². The molecule has 0 saturated heterocycles. The molecule has 234 valence electrons. The smallest absolute Gasteiger partial charge is 0.0619 e. The maximum Gasteiger partial charge on any atom is 0.0619 e.